The van der Waals surface area contributed by atoms with Crippen LogP contribution in [0.3, 0.4) is 0 Å². The van der Waals surface area contributed by atoms with Crippen molar-refractivity contribution >= 4 is 19.4 Å². The smallest absolute Gasteiger partial charge is 0.445 e. The van der Waals surface area contributed by atoms with E-state index >= 15 is 0 Å². The number of allylic oxidation sites excluding steroid dienone is 1. The zero-order chi connectivity index (χ0) is 14.0. The summed E-state index contributed by atoms with van der Waals surface area (Å²) < 4.78 is 76.8. The predicted octanol–water partition coefficient (Wildman–Crippen LogP) is 4.62. The number of hydrogen-bond donors (Lipinski definition) is 0. The lowest BCUT2D eigenvalue weighted by Gasteiger charge is -2.30. The summed E-state index contributed by atoms with van der Waals surface area (Å²) in [6, 6.07) is 6.11. The molecule has 0 heterocycles. The minimum Gasteiger partial charge on any atom is -0.445 e. The van der Waals surface area contributed by atoms with Crippen LogP contribution in [0, 0.1) is 0 Å². The summed E-state index contributed by atoms with van der Waals surface area (Å²) >= 11 is 0. The van der Waals surface area contributed by atoms with E-state index < -0.39 is 36.9 Å². The first-order valence-electron chi connectivity index (χ1n) is 5.36. The van der Waals surface area contributed by atoms with Crippen molar-refractivity contribution in [1.82, 2.24) is 0 Å². The van der Waals surface area contributed by atoms with Crippen LogP contribution in [-0.4, -0.2) is 14.0 Å². The van der Waals surface area contributed by atoms with E-state index in [-0.39, 0.29) is 0 Å². The third-order valence-corrected chi connectivity index (χ3v) is 2.53. The van der Waals surface area contributed by atoms with Crippen molar-refractivity contribution in [2.24, 2.45) is 0 Å². The van der Waals surface area contributed by atoms with Crippen LogP contribution >= 0.6 is 0 Å². The molecule has 1 rings (SSSR count). The second-order valence-electron chi connectivity index (χ2n) is 3.81. The van der Waals surface area contributed by atoms with Crippen molar-refractivity contribution in [2.75, 3.05) is 0 Å². The van der Waals surface area contributed by atoms with Gasteiger partial charge in [0.2, 0.25) is 0 Å². The van der Waals surface area contributed by atoms with Crippen molar-refractivity contribution in [3.8, 4) is 0 Å². The maximum atomic E-state index is 12.9. The lowest BCUT2D eigenvalue weighted by atomic mass is 9.62. The third-order valence-electron chi connectivity index (χ3n) is 2.53. The summed E-state index contributed by atoms with van der Waals surface area (Å²) in [4.78, 5) is 0. The summed E-state index contributed by atoms with van der Waals surface area (Å²) in [5.74, 6) is 0. The molecule has 0 fully saturated rings. The van der Waals surface area contributed by atoms with Crippen molar-refractivity contribution in [1.29, 1.82) is 0 Å². The lowest BCUT2D eigenvalue weighted by molar-refractivity contribution is 0.481. The lowest BCUT2D eigenvalue weighted by Crippen LogP contribution is -2.28. The molecule has 0 aliphatic carbocycles. The molecule has 0 saturated carbocycles. The van der Waals surface area contributed by atoms with Crippen molar-refractivity contribution < 1.29 is 25.9 Å². The van der Waals surface area contributed by atoms with Gasteiger partial charge in [-0.05, 0) is 0 Å². The van der Waals surface area contributed by atoms with E-state index in [4.69, 9.17) is 0 Å². The summed E-state index contributed by atoms with van der Waals surface area (Å²) in [6.45, 7) is -10.3. The van der Waals surface area contributed by atoms with Gasteiger partial charge in [-0.15, -0.1) is 5.47 Å². The van der Waals surface area contributed by atoms with Crippen LogP contribution in [0.1, 0.15) is 18.9 Å². The van der Waals surface area contributed by atoms with Gasteiger partial charge >= 0.3 is 14.0 Å². The molecule has 8 heteroatoms. The first-order valence-corrected chi connectivity index (χ1v) is 5.36. The molecule has 1 aromatic rings. The highest BCUT2D eigenvalue weighted by Gasteiger charge is 2.37. The summed E-state index contributed by atoms with van der Waals surface area (Å²) in [5, 5.41) is 0. The Bertz CT molecular complexity index is 432. The van der Waals surface area contributed by atoms with E-state index in [9.17, 15) is 25.9 Å². The number of hydrogen-bond acceptors (Lipinski definition) is 0. The van der Waals surface area contributed by atoms with Crippen LogP contribution in [0.5, 0.6) is 0 Å². The van der Waals surface area contributed by atoms with Gasteiger partial charge in [-0.3, -0.25) is 0 Å². The van der Waals surface area contributed by atoms with Gasteiger partial charge in [-0.2, -0.15) is 5.47 Å². The SMILES string of the molecule is CC/C(=C(\c1ccccc1)[B-](F)(F)F)[B-](F)(F)F. The second kappa shape index (κ2) is 5.12. The van der Waals surface area contributed by atoms with Gasteiger partial charge in [0, 0.05) is 0 Å². The molecule has 0 aromatic heterocycles. The fourth-order valence-electron chi connectivity index (χ4n) is 1.80. The van der Waals surface area contributed by atoms with E-state index in [0.717, 1.165) is 19.1 Å². The molecule has 0 saturated heterocycles. The van der Waals surface area contributed by atoms with E-state index in [2.05, 4.69) is 0 Å². The summed E-state index contributed by atoms with van der Waals surface area (Å²) in [7, 11) is 0. The minimum absolute atomic E-state index is 0.430. The van der Waals surface area contributed by atoms with Crippen LogP contribution < -0.4 is 0 Å². The van der Waals surface area contributed by atoms with Gasteiger partial charge in [0.05, 0.1) is 0 Å². The molecule has 1 aromatic carbocycles. The van der Waals surface area contributed by atoms with Gasteiger partial charge < -0.3 is 25.9 Å². The number of benzene rings is 1. The number of rotatable bonds is 4. The van der Waals surface area contributed by atoms with Crippen LogP contribution in [0.4, 0.5) is 25.9 Å². The Kier molecular flexibility index (Phi) is 4.19. The Morgan fingerprint density at radius 2 is 1.39 bits per heavy atom. The highest BCUT2D eigenvalue weighted by Crippen LogP contribution is 2.38. The fraction of sp³-hybridized carbons (Fsp3) is 0.200. The van der Waals surface area contributed by atoms with Gasteiger partial charge in [-0.1, -0.05) is 49.2 Å². The quantitative estimate of drug-likeness (QED) is 0.550. The molecule has 0 radical (unpaired) electrons. The molecule has 0 nitrogen and oxygen atoms in total. The van der Waals surface area contributed by atoms with Crippen LogP contribution in [0.15, 0.2) is 35.8 Å². The molecule has 0 amide bonds. The highest BCUT2D eigenvalue weighted by molar-refractivity contribution is 6.84. The molecule has 0 N–H and O–H groups in total. The average Bonchev–Trinajstić information content (AvgIpc) is 2.23. The second-order valence-corrected chi connectivity index (χ2v) is 3.81. The zero-order valence-corrected chi connectivity index (χ0v) is 9.52. The van der Waals surface area contributed by atoms with Gasteiger partial charge in [-0.25, -0.2) is 0 Å². The molecule has 0 atom stereocenters. The third kappa shape index (κ3) is 3.34. The highest BCUT2D eigenvalue weighted by atomic mass is 19.4. The molecule has 0 aliphatic rings. The van der Waals surface area contributed by atoms with Gasteiger partial charge in [0.25, 0.3) is 0 Å². The summed E-state index contributed by atoms with van der Waals surface area (Å²) in [5.41, 5.74) is -3.42. The van der Waals surface area contributed by atoms with Crippen molar-refractivity contribution in [3.05, 3.63) is 41.4 Å². The van der Waals surface area contributed by atoms with Crippen molar-refractivity contribution in [3.63, 3.8) is 0 Å². The Labute approximate surface area is 101 Å². The molecular formula is C10H10B2F6-2. The predicted molar refractivity (Wildman–Crippen MR) is 61.8 cm³/mol. The van der Waals surface area contributed by atoms with E-state index in [1.54, 1.807) is 0 Å². The molecule has 0 bridgehead atoms. The Morgan fingerprint density at radius 3 is 1.72 bits per heavy atom. The van der Waals surface area contributed by atoms with Gasteiger partial charge in [0.15, 0.2) is 0 Å². The average molecular weight is 266 g/mol. The normalized spacial score (nSPS) is 14.4. The largest absolute Gasteiger partial charge is 0.507 e. The fourth-order valence-corrected chi connectivity index (χ4v) is 1.80. The van der Waals surface area contributed by atoms with Crippen LogP contribution in [-0.2, 0) is 0 Å². The molecular weight excluding hydrogens is 256 g/mol. The van der Waals surface area contributed by atoms with Crippen molar-refractivity contribution in [2.45, 2.75) is 13.3 Å². The van der Waals surface area contributed by atoms with E-state index in [0.29, 0.717) is 0 Å². The van der Waals surface area contributed by atoms with E-state index in [1.807, 2.05) is 0 Å². The molecule has 18 heavy (non-hydrogen) atoms. The summed E-state index contributed by atoms with van der Waals surface area (Å²) in [6.07, 6.45) is -0.686. The minimum atomic E-state index is -5.71. The first kappa shape index (κ1) is 14.7. The first-order chi connectivity index (χ1) is 8.18. The van der Waals surface area contributed by atoms with Crippen LogP contribution in [0.25, 0.3) is 5.47 Å². The molecule has 0 aliphatic heterocycles. The van der Waals surface area contributed by atoms with E-state index in [1.165, 1.54) is 18.2 Å². The maximum Gasteiger partial charge on any atom is 0.507 e. The molecule has 0 unspecified atom stereocenters. The van der Waals surface area contributed by atoms with Gasteiger partial charge in [0.1, 0.15) is 0 Å². The standard InChI is InChI=1S/C10H10B2F6/c1-2-9(11(13,14)15)10(12(16,17)18)8-6-4-3-5-7-8/h3-7H,2H2,1H3/q-2/b10-9-. The Morgan fingerprint density at radius 1 is 0.889 bits per heavy atom. The maximum absolute atomic E-state index is 12.9. The monoisotopic (exact) mass is 266 g/mol. The topological polar surface area (TPSA) is 0 Å². The Balaban J connectivity index is 3.53. The zero-order valence-electron chi connectivity index (χ0n) is 9.52. The molecule has 100 valence electrons. The molecule has 0 spiro atoms. The van der Waals surface area contributed by atoms with Crippen LogP contribution in [0.2, 0.25) is 0 Å². The number of halogens is 6. The Hall–Kier alpha value is -1.33.